The highest BCUT2D eigenvalue weighted by molar-refractivity contribution is 14.1. The first-order valence-electron chi connectivity index (χ1n) is 1.80. The van der Waals surface area contributed by atoms with E-state index in [1.165, 1.54) is 3.58 Å². The first kappa shape index (κ1) is 8.16. The Morgan fingerprint density at radius 3 is 2.00 bits per heavy atom. The molecule has 0 bridgehead atoms. The fourth-order valence-electron chi connectivity index (χ4n) is 0.109. The molecule has 0 aromatic heterocycles. The molecule has 0 fully saturated rings. The average molecular weight is 324 g/mol. The number of aliphatic hydroxyl groups excluding tert-OH is 1. The summed E-state index contributed by atoms with van der Waals surface area (Å²) in [5.74, 6) is 0. The topological polar surface area (TPSA) is 20.2 Å². The molecule has 0 aliphatic rings. The molecule has 0 spiro atoms. The van der Waals surface area contributed by atoms with Crippen molar-refractivity contribution in [2.24, 2.45) is 0 Å². The lowest BCUT2D eigenvalue weighted by Crippen LogP contribution is -1.79. The van der Waals surface area contributed by atoms with E-state index in [1.54, 1.807) is 0 Å². The summed E-state index contributed by atoms with van der Waals surface area (Å²) in [6.07, 6.45) is 0. The molecular formula is C4H6I2O. The molecule has 1 N–H and O–H groups in total. The zero-order valence-corrected chi connectivity index (χ0v) is 8.23. The van der Waals surface area contributed by atoms with Crippen molar-refractivity contribution < 1.29 is 5.11 Å². The van der Waals surface area contributed by atoms with E-state index < -0.39 is 0 Å². The van der Waals surface area contributed by atoms with Crippen LogP contribution in [-0.4, -0.2) is 11.7 Å². The van der Waals surface area contributed by atoms with Gasteiger partial charge in [0.05, 0.1) is 6.61 Å². The Hall–Kier alpha value is 1.16. The third-order valence-electron chi connectivity index (χ3n) is 0.513. The van der Waals surface area contributed by atoms with E-state index in [9.17, 15) is 0 Å². The highest BCUT2D eigenvalue weighted by Gasteiger charge is 1.88. The Morgan fingerprint density at radius 1 is 1.57 bits per heavy atom. The van der Waals surface area contributed by atoms with Crippen LogP contribution in [0.15, 0.2) is 7.16 Å². The van der Waals surface area contributed by atoms with Gasteiger partial charge in [0.2, 0.25) is 0 Å². The van der Waals surface area contributed by atoms with Crippen LogP contribution >= 0.6 is 45.2 Å². The van der Waals surface area contributed by atoms with Crippen molar-refractivity contribution in [1.82, 2.24) is 0 Å². The minimum absolute atomic E-state index is 0.176. The van der Waals surface area contributed by atoms with Gasteiger partial charge in [0.15, 0.2) is 0 Å². The summed E-state index contributed by atoms with van der Waals surface area (Å²) in [6, 6.07) is 0. The third kappa shape index (κ3) is 3.72. The molecule has 0 aliphatic heterocycles. The van der Waals surface area contributed by atoms with Gasteiger partial charge >= 0.3 is 0 Å². The Kier molecular flexibility index (Phi) is 4.76. The zero-order valence-electron chi connectivity index (χ0n) is 3.91. The molecule has 7 heavy (non-hydrogen) atoms. The van der Waals surface area contributed by atoms with Gasteiger partial charge < -0.3 is 5.11 Å². The van der Waals surface area contributed by atoms with Gasteiger partial charge in [-0.25, -0.2) is 0 Å². The second kappa shape index (κ2) is 4.08. The summed E-state index contributed by atoms with van der Waals surface area (Å²) in [4.78, 5) is 0. The lowest BCUT2D eigenvalue weighted by Gasteiger charge is -1.89. The van der Waals surface area contributed by atoms with E-state index in [2.05, 4.69) is 45.2 Å². The number of hydrogen-bond donors (Lipinski definition) is 1. The second-order valence-electron chi connectivity index (χ2n) is 1.10. The molecule has 0 aromatic rings. The summed E-state index contributed by atoms with van der Waals surface area (Å²) in [6.45, 7) is 2.15. The minimum Gasteiger partial charge on any atom is -0.391 e. The molecule has 0 heterocycles. The molecule has 0 rings (SSSR count). The predicted molar refractivity (Wildman–Crippen MR) is 47.8 cm³/mol. The summed E-state index contributed by atoms with van der Waals surface area (Å²) in [7, 11) is 0. The van der Waals surface area contributed by atoms with Crippen molar-refractivity contribution in [2.45, 2.75) is 6.92 Å². The SMILES string of the molecule is C/C(I)=C(\I)CO. The van der Waals surface area contributed by atoms with Crippen LogP contribution < -0.4 is 0 Å². The first-order chi connectivity index (χ1) is 3.18. The van der Waals surface area contributed by atoms with Gasteiger partial charge in [-0.05, 0) is 55.7 Å². The second-order valence-corrected chi connectivity index (χ2v) is 4.02. The maximum absolute atomic E-state index is 8.44. The number of halogens is 2. The Labute approximate surface area is 70.5 Å². The summed E-state index contributed by atoms with van der Waals surface area (Å²) in [5.41, 5.74) is 0. The van der Waals surface area contributed by atoms with E-state index in [0.29, 0.717) is 0 Å². The number of aliphatic hydroxyl groups is 1. The number of hydrogen-bond acceptors (Lipinski definition) is 1. The molecule has 0 saturated heterocycles. The molecule has 0 radical (unpaired) electrons. The number of rotatable bonds is 1. The van der Waals surface area contributed by atoms with Gasteiger partial charge in [-0.1, -0.05) is 0 Å². The van der Waals surface area contributed by atoms with Gasteiger partial charge in [0, 0.05) is 3.58 Å². The van der Waals surface area contributed by atoms with Crippen molar-refractivity contribution in [2.75, 3.05) is 6.61 Å². The van der Waals surface area contributed by atoms with E-state index >= 15 is 0 Å². The molecule has 0 aliphatic carbocycles. The molecular weight excluding hydrogens is 318 g/mol. The van der Waals surface area contributed by atoms with Crippen molar-refractivity contribution in [3.63, 3.8) is 0 Å². The summed E-state index contributed by atoms with van der Waals surface area (Å²) < 4.78 is 2.19. The molecule has 0 aromatic carbocycles. The van der Waals surface area contributed by atoms with Crippen molar-refractivity contribution in [3.8, 4) is 0 Å². The Balaban J connectivity index is 3.72. The zero-order chi connectivity index (χ0) is 5.86. The Morgan fingerprint density at radius 2 is 2.00 bits per heavy atom. The van der Waals surface area contributed by atoms with E-state index in [0.717, 1.165) is 3.58 Å². The maximum Gasteiger partial charge on any atom is 0.0746 e. The van der Waals surface area contributed by atoms with E-state index in [4.69, 9.17) is 5.11 Å². The molecule has 42 valence electrons. The maximum atomic E-state index is 8.44. The summed E-state index contributed by atoms with van der Waals surface area (Å²) in [5, 5.41) is 8.44. The van der Waals surface area contributed by atoms with Crippen LogP contribution in [0, 0.1) is 0 Å². The van der Waals surface area contributed by atoms with Crippen LogP contribution in [0.25, 0.3) is 0 Å². The van der Waals surface area contributed by atoms with Gasteiger partial charge in [-0.2, -0.15) is 0 Å². The van der Waals surface area contributed by atoms with Gasteiger partial charge in [-0.15, -0.1) is 0 Å². The average Bonchev–Trinajstić information content (AvgIpc) is 1.65. The van der Waals surface area contributed by atoms with Crippen LogP contribution in [0.2, 0.25) is 0 Å². The van der Waals surface area contributed by atoms with E-state index in [-0.39, 0.29) is 6.61 Å². The Bertz CT molecular complexity index is 83.7. The quantitative estimate of drug-likeness (QED) is 0.733. The largest absolute Gasteiger partial charge is 0.391 e. The van der Waals surface area contributed by atoms with Crippen LogP contribution in [0.4, 0.5) is 0 Å². The van der Waals surface area contributed by atoms with Crippen molar-refractivity contribution in [1.29, 1.82) is 0 Å². The van der Waals surface area contributed by atoms with Gasteiger partial charge in [0.1, 0.15) is 0 Å². The highest BCUT2D eigenvalue weighted by Crippen LogP contribution is 2.16. The molecule has 0 saturated carbocycles. The van der Waals surface area contributed by atoms with Crippen molar-refractivity contribution >= 4 is 45.2 Å². The normalized spacial score (nSPS) is 13.7. The van der Waals surface area contributed by atoms with Crippen LogP contribution in [-0.2, 0) is 0 Å². The molecule has 1 nitrogen and oxygen atoms in total. The van der Waals surface area contributed by atoms with E-state index in [1.807, 2.05) is 6.92 Å². The standard InChI is InChI=1S/C4H6I2O/c1-3(5)4(6)2-7/h7H,2H2,1H3/b4-3+. The lowest BCUT2D eigenvalue weighted by atomic mass is 10.6. The molecule has 3 heteroatoms. The fraction of sp³-hybridized carbons (Fsp3) is 0.500. The molecule has 0 atom stereocenters. The monoisotopic (exact) mass is 324 g/mol. The smallest absolute Gasteiger partial charge is 0.0746 e. The summed E-state index contributed by atoms with van der Waals surface area (Å²) >= 11 is 4.30. The van der Waals surface area contributed by atoms with Crippen LogP contribution in [0.3, 0.4) is 0 Å². The molecule has 0 amide bonds. The fourth-order valence-corrected chi connectivity index (χ4v) is 0.280. The van der Waals surface area contributed by atoms with Gasteiger partial charge in [0.25, 0.3) is 0 Å². The highest BCUT2D eigenvalue weighted by atomic mass is 127. The lowest BCUT2D eigenvalue weighted by molar-refractivity contribution is 0.341. The van der Waals surface area contributed by atoms with Crippen LogP contribution in [0.5, 0.6) is 0 Å². The minimum atomic E-state index is 0.176. The van der Waals surface area contributed by atoms with Gasteiger partial charge in [-0.3, -0.25) is 0 Å². The predicted octanol–water partition coefficient (Wildman–Crippen LogP) is 2.08. The number of allylic oxidation sites excluding steroid dienone is 1. The molecule has 0 unspecified atom stereocenters. The third-order valence-corrected chi connectivity index (χ3v) is 3.35. The van der Waals surface area contributed by atoms with Crippen LogP contribution in [0.1, 0.15) is 6.92 Å². The first-order valence-corrected chi connectivity index (χ1v) is 3.96. The van der Waals surface area contributed by atoms with Crippen molar-refractivity contribution in [3.05, 3.63) is 7.16 Å².